The summed E-state index contributed by atoms with van der Waals surface area (Å²) in [6.45, 7) is -0.254. The molecule has 0 bridgehead atoms. The molecule has 1 N–H and O–H groups in total. The van der Waals surface area contributed by atoms with E-state index >= 15 is 0 Å². The Kier molecular flexibility index (Phi) is 5.98. The summed E-state index contributed by atoms with van der Waals surface area (Å²) in [6.07, 6.45) is 1.55. The van der Waals surface area contributed by atoms with Gasteiger partial charge in [0.15, 0.2) is 11.6 Å². The normalized spacial score (nSPS) is 12.7. The Morgan fingerprint density at radius 3 is 2.41 bits per heavy atom. The molecule has 1 aliphatic carbocycles. The van der Waals surface area contributed by atoms with Crippen LogP contribution >= 0.6 is 0 Å². The van der Waals surface area contributed by atoms with Gasteiger partial charge < -0.3 is 10.1 Å². The SMILES string of the molecule is COc1ccc(-n2c3c(cc(C(=O)NCC(=O)c4ccccc4)c2=O)C(=O)CCC3)cc1. The molecule has 0 saturated carbocycles. The van der Waals surface area contributed by atoms with Gasteiger partial charge in [-0.15, -0.1) is 0 Å². The summed E-state index contributed by atoms with van der Waals surface area (Å²) < 4.78 is 6.60. The number of methoxy groups -OCH3 is 1. The summed E-state index contributed by atoms with van der Waals surface area (Å²) >= 11 is 0. The lowest BCUT2D eigenvalue weighted by atomic mass is 9.92. The van der Waals surface area contributed by atoms with E-state index in [0.717, 1.165) is 0 Å². The van der Waals surface area contributed by atoms with Crippen LogP contribution in [0.5, 0.6) is 5.75 Å². The van der Waals surface area contributed by atoms with E-state index in [-0.39, 0.29) is 23.7 Å². The van der Waals surface area contributed by atoms with Gasteiger partial charge in [-0.1, -0.05) is 30.3 Å². The second-order valence-corrected chi connectivity index (χ2v) is 7.51. The van der Waals surface area contributed by atoms with Crippen LogP contribution in [-0.4, -0.2) is 35.7 Å². The number of nitrogens with zero attached hydrogens (tertiary/aromatic N) is 1. The number of pyridine rings is 1. The number of carbonyl (C=O) groups excluding carboxylic acids is 3. The Balaban J connectivity index is 1.71. The number of aromatic nitrogens is 1. The minimum atomic E-state index is -0.692. The number of fused-ring (bicyclic) bond motifs is 1. The zero-order chi connectivity index (χ0) is 22.7. The third kappa shape index (κ3) is 4.09. The molecule has 0 radical (unpaired) electrons. The van der Waals surface area contributed by atoms with Gasteiger partial charge in [-0.05, 0) is 43.2 Å². The standard InChI is InChI=1S/C25H22N2O5/c1-32-18-12-10-17(11-13-18)27-21-8-5-9-22(28)19(21)14-20(25(27)31)24(30)26-15-23(29)16-6-3-2-4-7-16/h2-4,6-7,10-14H,5,8-9,15H2,1H3,(H,26,30). The van der Waals surface area contributed by atoms with Crippen molar-refractivity contribution in [2.75, 3.05) is 13.7 Å². The molecule has 1 heterocycles. The fourth-order valence-corrected chi connectivity index (χ4v) is 3.84. The van der Waals surface area contributed by atoms with Crippen molar-refractivity contribution >= 4 is 17.5 Å². The average molecular weight is 430 g/mol. The molecular weight excluding hydrogens is 408 g/mol. The molecule has 2 aromatic carbocycles. The van der Waals surface area contributed by atoms with Gasteiger partial charge in [0.05, 0.1) is 13.7 Å². The van der Waals surface area contributed by atoms with Crippen LogP contribution in [0.3, 0.4) is 0 Å². The second-order valence-electron chi connectivity index (χ2n) is 7.51. The lowest BCUT2D eigenvalue weighted by molar-refractivity contribution is 0.0902. The molecule has 32 heavy (non-hydrogen) atoms. The molecule has 1 aliphatic rings. The summed E-state index contributed by atoms with van der Waals surface area (Å²) in [5, 5.41) is 2.52. The zero-order valence-corrected chi connectivity index (χ0v) is 17.6. The summed E-state index contributed by atoms with van der Waals surface area (Å²) in [4.78, 5) is 51.1. The first-order chi connectivity index (χ1) is 15.5. The topological polar surface area (TPSA) is 94.5 Å². The first-order valence-electron chi connectivity index (χ1n) is 10.3. The van der Waals surface area contributed by atoms with Crippen LogP contribution < -0.4 is 15.6 Å². The van der Waals surface area contributed by atoms with Gasteiger partial charge >= 0.3 is 0 Å². The number of amides is 1. The van der Waals surface area contributed by atoms with Gasteiger partial charge in [-0.25, -0.2) is 0 Å². The van der Waals surface area contributed by atoms with Gasteiger partial charge in [-0.2, -0.15) is 0 Å². The summed E-state index contributed by atoms with van der Waals surface area (Å²) in [5.74, 6) is -0.450. The number of Topliss-reactive ketones (excluding diaryl/α,β-unsaturated/α-hetero) is 2. The molecule has 1 amide bonds. The molecule has 1 aromatic heterocycles. The van der Waals surface area contributed by atoms with Crippen molar-refractivity contribution in [1.82, 2.24) is 9.88 Å². The molecule has 3 aromatic rings. The van der Waals surface area contributed by atoms with Crippen LogP contribution in [-0.2, 0) is 6.42 Å². The molecule has 0 saturated heterocycles. The molecular formula is C25H22N2O5. The number of ether oxygens (including phenoxy) is 1. The number of carbonyl (C=O) groups is 3. The molecule has 162 valence electrons. The largest absolute Gasteiger partial charge is 0.497 e. The van der Waals surface area contributed by atoms with E-state index in [4.69, 9.17) is 4.74 Å². The molecule has 0 spiro atoms. The first-order valence-corrected chi connectivity index (χ1v) is 10.3. The number of hydrogen-bond donors (Lipinski definition) is 1. The van der Waals surface area contributed by atoms with Crippen LogP contribution in [0.25, 0.3) is 5.69 Å². The molecule has 4 rings (SSSR count). The van der Waals surface area contributed by atoms with E-state index in [1.54, 1.807) is 61.7 Å². The average Bonchev–Trinajstić information content (AvgIpc) is 2.83. The smallest absolute Gasteiger partial charge is 0.268 e. The highest BCUT2D eigenvalue weighted by Gasteiger charge is 2.26. The first kappa shape index (κ1) is 21.2. The van der Waals surface area contributed by atoms with Crippen molar-refractivity contribution < 1.29 is 19.1 Å². The van der Waals surface area contributed by atoms with E-state index in [2.05, 4.69) is 5.32 Å². The lowest BCUT2D eigenvalue weighted by Crippen LogP contribution is -2.37. The highest BCUT2D eigenvalue weighted by atomic mass is 16.5. The summed E-state index contributed by atoms with van der Waals surface area (Å²) in [6, 6.07) is 16.8. The van der Waals surface area contributed by atoms with Crippen LogP contribution in [0, 0.1) is 0 Å². The third-order valence-corrected chi connectivity index (χ3v) is 5.50. The molecule has 0 fully saturated rings. The van der Waals surface area contributed by atoms with E-state index in [1.165, 1.54) is 10.6 Å². The van der Waals surface area contributed by atoms with Gasteiger partial charge in [0.2, 0.25) is 0 Å². The van der Waals surface area contributed by atoms with Gasteiger partial charge in [0, 0.05) is 28.9 Å². The lowest BCUT2D eigenvalue weighted by Gasteiger charge is -2.21. The number of hydrogen-bond acceptors (Lipinski definition) is 5. The highest BCUT2D eigenvalue weighted by Crippen LogP contribution is 2.24. The van der Waals surface area contributed by atoms with Crippen LogP contribution in [0.4, 0.5) is 0 Å². The zero-order valence-electron chi connectivity index (χ0n) is 17.6. The van der Waals surface area contributed by atoms with Crippen molar-refractivity contribution in [3.05, 3.63) is 93.4 Å². The number of rotatable bonds is 6. The number of ketones is 2. The maximum absolute atomic E-state index is 13.3. The predicted molar refractivity (Wildman–Crippen MR) is 119 cm³/mol. The van der Waals surface area contributed by atoms with Gasteiger partial charge in [0.25, 0.3) is 11.5 Å². The van der Waals surface area contributed by atoms with Gasteiger partial charge in [-0.3, -0.25) is 23.7 Å². The van der Waals surface area contributed by atoms with Crippen molar-refractivity contribution in [3.8, 4) is 11.4 Å². The Morgan fingerprint density at radius 2 is 1.72 bits per heavy atom. The Labute approximate surface area is 184 Å². The summed E-state index contributed by atoms with van der Waals surface area (Å²) in [7, 11) is 1.55. The van der Waals surface area contributed by atoms with Crippen molar-refractivity contribution in [3.63, 3.8) is 0 Å². The number of nitrogens with one attached hydrogen (secondary N) is 1. The monoisotopic (exact) mass is 430 g/mol. The minimum absolute atomic E-state index is 0.108. The van der Waals surface area contributed by atoms with E-state index in [1.807, 2.05) is 0 Å². The summed E-state index contributed by atoms with van der Waals surface area (Å²) in [5.41, 5.74) is 1.25. The molecule has 7 nitrogen and oxygen atoms in total. The molecule has 0 atom stereocenters. The fourth-order valence-electron chi connectivity index (χ4n) is 3.84. The van der Waals surface area contributed by atoms with E-state index in [9.17, 15) is 19.2 Å². The Hall–Kier alpha value is -4.00. The van der Waals surface area contributed by atoms with E-state index in [0.29, 0.717) is 47.5 Å². The maximum Gasteiger partial charge on any atom is 0.268 e. The van der Waals surface area contributed by atoms with Crippen LogP contribution in [0.1, 0.15) is 49.6 Å². The van der Waals surface area contributed by atoms with E-state index < -0.39 is 11.5 Å². The fraction of sp³-hybridized carbons (Fsp3) is 0.200. The van der Waals surface area contributed by atoms with Crippen molar-refractivity contribution in [1.29, 1.82) is 0 Å². The molecule has 7 heteroatoms. The Morgan fingerprint density at radius 1 is 1.00 bits per heavy atom. The second kappa shape index (κ2) is 9.01. The Bertz CT molecular complexity index is 1240. The third-order valence-electron chi connectivity index (χ3n) is 5.50. The van der Waals surface area contributed by atoms with Crippen molar-refractivity contribution in [2.24, 2.45) is 0 Å². The molecule has 0 aliphatic heterocycles. The maximum atomic E-state index is 13.3. The van der Waals surface area contributed by atoms with Gasteiger partial charge in [0.1, 0.15) is 11.3 Å². The molecule has 0 unspecified atom stereocenters. The van der Waals surface area contributed by atoms with Crippen LogP contribution in [0.15, 0.2) is 65.5 Å². The number of benzene rings is 2. The highest BCUT2D eigenvalue weighted by molar-refractivity contribution is 6.04. The van der Waals surface area contributed by atoms with Crippen molar-refractivity contribution in [2.45, 2.75) is 19.3 Å². The predicted octanol–water partition coefficient (Wildman–Crippen LogP) is 2.98. The quantitative estimate of drug-likeness (QED) is 0.607. The minimum Gasteiger partial charge on any atom is -0.497 e. The van der Waals surface area contributed by atoms with Crippen LogP contribution in [0.2, 0.25) is 0 Å².